The van der Waals surface area contributed by atoms with Crippen molar-refractivity contribution in [2.45, 2.75) is 6.54 Å². The number of H-pyrrole nitrogens is 1. The number of aromatic amines is 1. The van der Waals surface area contributed by atoms with Crippen molar-refractivity contribution in [3.05, 3.63) is 81.6 Å². The van der Waals surface area contributed by atoms with Crippen molar-refractivity contribution < 1.29 is 4.74 Å². The quantitative estimate of drug-likeness (QED) is 0.330. The summed E-state index contributed by atoms with van der Waals surface area (Å²) in [5, 5.41) is 16.7. The van der Waals surface area contributed by atoms with Gasteiger partial charge in [0.1, 0.15) is 34.8 Å². The maximum atomic E-state index is 12.3. The molecule has 3 aromatic carbocycles. The van der Waals surface area contributed by atoms with E-state index in [2.05, 4.69) is 31.0 Å². The Kier molecular flexibility index (Phi) is 4.64. The second-order valence-electron chi connectivity index (χ2n) is 6.80. The number of imidazole rings is 1. The van der Waals surface area contributed by atoms with Crippen LogP contribution in [0.5, 0.6) is 5.75 Å². The number of anilines is 4. The molecule has 5 rings (SSSR count). The second kappa shape index (κ2) is 7.75. The Morgan fingerprint density at radius 1 is 0.935 bits per heavy atom. The highest BCUT2D eigenvalue weighted by molar-refractivity contribution is 5.92. The average molecular weight is 415 g/mol. The highest BCUT2D eigenvalue weighted by Gasteiger charge is 2.23. The molecule has 0 bridgehead atoms. The molecule has 10 heteroatoms. The SMILES string of the molecule is O=c1c(Nc2ccccc2OCCn2ccnc2)c(Nc2cccc3n[nH]nc23)c1=O. The van der Waals surface area contributed by atoms with E-state index in [1.54, 1.807) is 42.9 Å². The topological polar surface area (TPSA) is 127 Å². The van der Waals surface area contributed by atoms with Gasteiger partial charge in [0, 0.05) is 12.4 Å². The number of nitrogens with one attached hydrogen (secondary N) is 3. The first-order valence-corrected chi connectivity index (χ1v) is 9.55. The van der Waals surface area contributed by atoms with E-state index in [-0.39, 0.29) is 11.4 Å². The molecule has 0 atom stereocenters. The van der Waals surface area contributed by atoms with Gasteiger partial charge in [-0.1, -0.05) is 18.2 Å². The molecule has 10 nitrogen and oxygen atoms in total. The molecule has 2 aromatic heterocycles. The molecule has 154 valence electrons. The number of nitrogens with zero attached hydrogens (tertiary/aromatic N) is 4. The summed E-state index contributed by atoms with van der Waals surface area (Å²) in [5.41, 5.74) is 1.54. The largest absolute Gasteiger partial charge is 0.490 e. The number of hydrogen-bond acceptors (Lipinski definition) is 8. The van der Waals surface area contributed by atoms with Crippen molar-refractivity contribution in [3.8, 4) is 5.75 Å². The molecule has 0 amide bonds. The van der Waals surface area contributed by atoms with Crippen LogP contribution in [0.3, 0.4) is 0 Å². The van der Waals surface area contributed by atoms with Gasteiger partial charge in [0.15, 0.2) is 0 Å². The molecule has 0 saturated heterocycles. The fourth-order valence-corrected chi connectivity index (χ4v) is 3.24. The summed E-state index contributed by atoms with van der Waals surface area (Å²) in [7, 11) is 0. The molecule has 2 heterocycles. The maximum Gasteiger partial charge on any atom is 0.253 e. The van der Waals surface area contributed by atoms with E-state index in [0.717, 1.165) is 0 Å². The van der Waals surface area contributed by atoms with Gasteiger partial charge in [-0.25, -0.2) is 4.98 Å². The first kappa shape index (κ1) is 18.6. The smallest absolute Gasteiger partial charge is 0.253 e. The summed E-state index contributed by atoms with van der Waals surface area (Å²) in [6, 6.07) is 12.6. The van der Waals surface area contributed by atoms with E-state index in [1.807, 2.05) is 22.9 Å². The first-order valence-electron chi connectivity index (χ1n) is 9.55. The number of aromatic nitrogens is 5. The standard InChI is InChI=1S/C21H17N7O3/c29-20-18(19(21(20)30)24-14-5-3-6-15-17(14)26-27-25-15)23-13-4-1-2-7-16(13)31-11-10-28-9-8-22-12-28/h1-9,12,23-24H,10-11H2,(H,25,26,27). The number of hydrogen-bond donors (Lipinski definition) is 3. The van der Waals surface area contributed by atoms with Gasteiger partial charge >= 0.3 is 0 Å². The lowest BCUT2D eigenvalue weighted by atomic mass is 10.1. The second-order valence-corrected chi connectivity index (χ2v) is 6.80. The van der Waals surface area contributed by atoms with Gasteiger partial charge in [-0.3, -0.25) is 9.59 Å². The molecule has 0 aliphatic heterocycles. The third-order valence-electron chi connectivity index (χ3n) is 4.83. The maximum absolute atomic E-state index is 12.3. The first-order chi connectivity index (χ1) is 15.2. The van der Waals surface area contributed by atoms with Crippen LogP contribution < -0.4 is 26.2 Å². The third kappa shape index (κ3) is 3.50. The van der Waals surface area contributed by atoms with Crippen molar-refractivity contribution >= 4 is 33.8 Å². The van der Waals surface area contributed by atoms with Gasteiger partial charge in [-0.15, -0.1) is 0 Å². The van der Waals surface area contributed by atoms with Crippen molar-refractivity contribution in [2.75, 3.05) is 17.2 Å². The van der Waals surface area contributed by atoms with Crippen molar-refractivity contribution in [1.82, 2.24) is 25.0 Å². The van der Waals surface area contributed by atoms with Crippen molar-refractivity contribution in [1.29, 1.82) is 0 Å². The Balaban J connectivity index is 1.37. The zero-order chi connectivity index (χ0) is 21.2. The number of rotatable bonds is 8. The van der Waals surface area contributed by atoms with Crippen LogP contribution in [0.25, 0.3) is 11.0 Å². The molecule has 31 heavy (non-hydrogen) atoms. The van der Waals surface area contributed by atoms with Crippen LogP contribution in [0.2, 0.25) is 0 Å². The van der Waals surface area contributed by atoms with Crippen LogP contribution in [0.4, 0.5) is 22.7 Å². The van der Waals surface area contributed by atoms with E-state index in [1.165, 1.54) is 0 Å². The van der Waals surface area contributed by atoms with Crippen LogP contribution in [0.1, 0.15) is 0 Å². The molecule has 0 aliphatic rings. The van der Waals surface area contributed by atoms with E-state index in [4.69, 9.17) is 4.74 Å². The molecule has 5 aromatic rings. The molecule has 0 saturated carbocycles. The molecule has 0 aliphatic carbocycles. The van der Waals surface area contributed by atoms with Gasteiger partial charge in [-0.2, -0.15) is 15.4 Å². The lowest BCUT2D eigenvalue weighted by Gasteiger charge is -2.17. The Morgan fingerprint density at radius 3 is 2.52 bits per heavy atom. The lowest BCUT2D eigenvalue weighted by Crippen LogP contribution is -2.35. The minimum absolute atomic E-state index is 0.175. The van der Waals surface area contributed by atoms with Crippen LogP contribution in [-0.4, -0.2) is 31.6 Å². The predicted molar refractivity (Wildman–Crippen MR) is 116 cm³/mol. The van der Waals surface area contributed by atoms with Gasteiger partial charge in [-0.05, 0) is 24.3 Å². The highest BCUT2D eigenvalue weighted by Crippen LogP contribution is 2.31. The Hall–Kier alpha value is -4.47. The Labute approximate surface area is 175 Å². The minimum atomic E-state index is -0.596. The summed E-state index contributed by atoms with van der Waals surface area (Å²) in [6.45, 7) is 1.04. The molecule has 3 N–H and O–H groups in total. The Morgan fingerprint density at radius 2 is 1.71 bits per heavy atom. The number of fused-ring (bicyclic) bond motifs is 1. The lowest BCUT2D eigenvalue weighted by molar-refractivity contribution is 0.299. The van der Waals surface area contributed by atoms with Crippen molar-refractivity contribution in [2.24, 2.45) is 0 Å². The fourth-order valence-electron chi connectivity index (χ4n) is 3.24. The van der Waals surface area contributed by atoms with E-state index < -0.39 is 10.9 Å². The average Bonchev–Trinajstić information content (AvgIpc) is 3.49. The van der Waals surface area contributed by atoms with Crippen molar-refractivity contribution in [3.63, 3.8) is 0 Å². The molecule has 0 fully saturated rings. The Bertz CT molecular complexity index is 1420. The summed E-state index contributed by atoms with van der Waals surface area (Å²) < 4.78 is 7.77. The summed E-state index contributed by atoms with van der Waals surface area (Å²) in [5.74, 6) is 0.570. The zero-order valence-corrected chi connectivity index (χ0v) is 16.2. The zero-order valence-electron chi connectivity index (χ0n) is 16.2. The molecular weight excluding hydrogens is 398 g/mol. The summed E-state index contributed by atoms with van der Waals surface area (Å²) in [6.07, 6.45) is 5.27. The fraction of sp³-hybridized carbons (Fsp3) is 0.0952. The molecule has 0 unspecified atom stereocenters. The van der Waals surface area contributed by atoms with Gasteiger partial charge in [0.2, 0.25) is 0 Å². The molecule has 0 spiro atoms. The van der Waals surface area contributed by atoms with E-state index in [9.17, 15) is 9.59 Å². The summed E-state index contributed by atoms with van der Waals surface area (Å²) >= 11 is 0. The number of benzene rings is 2. The predicted octanol–water partition coefficient (Wildman–Crippen LogP) is 2.32. The molecule has 0 radical (unpaired) electrons. The molecular formula is C21H17N7O3. The third-order valence-corrected chi connectivity index (χ3v) is 4.83. The highest BCUT2D eigenvalue weighted by atomic mass is 16.5. The summed E-state index contributed by atoms with van der Waals surface area (Å²) in [4.78, 5) is 28.5. The van der Waals surface area contributed by atoms with Crippen LogP contribution in [-0.2, 0) is 6.54 Å². The normalized spacial score (nSPS) is 11.1. The van der Waals surface area contributed by atoms with Crippen LogP contribution >= 0.6 is 0 Å². The number of para-hydroxylation sites is 3. The monoisotopic (exact) mass is 415 g/mol. The van der Waals surface area contributed by atoms with Gasteiger partial charge in [0.25, 0.3) is 10.9 Å². The van der Waals surface area contributed by atoms with Gasteiger partial charge < -0.3 is 19.9 Å². The minimum Gasteiger partial charge on any atom is -0.490 e. The van der Waals surface area contributed by atoms with Crippen LogP contribution in [0, 0.1) is 0 Å². The van der Waals surface area contributed by atoms with Gasteiger partial charge in [0.05, 0.1) is 24.2 Å². The van der Waals surface area contributed by atoms with Crippen LogP contribution in [0.15, 0.2) is 70.8 Å². The number of ether oxygens (including phenoxy) is 1. The van der Waals surface area contributed by atoms with E-state index in [0.29, 0.717) is 41.3 Å². The van der Waals surface area contributed by atoms with E-state index >= 15 is 0 Å².